The fourth-order valence-electron chi connectivity index (χ4n) is 2.17. The van der Waals surface area contributed by atoms with E-state index in [1.165, 1.54) is 24.0 Å². The Labute approximate surface area is 142 Å². The molecule has 3 rings (SSSR count). The summed E-state index contributed by atoms with van der Waals surface area (Å²) in [5.41, 5.74) is 4.61. The molecule has 1 amide bonds. The number of fused-ring (bicyclic) bond motifs is 1. The van der Waals surface area contributed by atoms with E-state index >= 15 is 0 Å². The van der Waals surface area contributed by atoms with Crippen molar-refractivity contribution in [2.24, 2.45) is 12.1 Å². The largest absolute Gasteiger partial charge is 0.322 e. The fourth-order valence-corrected chi connectivity index (χ4v) is 2.95. The molecular formula is C17H15FN4OS. The van der Waals surface area contributed by atoms with E-state index < -0.39 is 0 Å². The van der Waals surface area contributed by atoms with Crippen molar-refractivity contribution in [1.82, 2.24) is 15.0 Å². The molecule has 0 saturated carbocycles. The minimum absolute atomic E-state index is 0.172. The molecule has 0 fully saturated rings. The summed E-state index contributed by atoms with van der Waals surface area (Å²) >= 11 is 1.32. The van der Waals surface area contributed by atoms with Crippen LogP contribution in [0.5, 0.6) is 0 Å². The normalized spacial score (nSPS) is 11.2. The van der Waals surface area contributed by atoms with Crippen LogP contribution in [0.4, 0.5) is 4.39 Å². The Hall–Kier alpha value is -2.67. The van der Waals surface area contributed by atoms with Gasteiger partial charge in [-0.25, -0.2) is 14.8 Å². The molecule has 0 aliphatic carbocycles. The second-order valence-corrected chi connectivity index (χ2v) is 5.99. The quantitative estimate of drug-likeness (QED) is 0.441. The van der Waals surface area contributed by atoms with E-state index in [0.717, 1.165) is 16.2 Å². The average Bonchev–Trinajstić information content (AvgIpc) is 2.91. The Morgan fingerprint density at radius 2 is 2.04 bits per heavy atom. The van der Waals surface area contributed by atoms with Gasteiger partial charge in [0, 0.05) is 12.6 Å². The maximum Gasteiger partial charge on any atom is 0.250 e. The lowest BCUT2D eigenvalue weighted by molar-refractivity contribution is -0.118. The molecule has 0 atom stereocenters. The molecule has 1 N–H and O–H groups in total. The van der Waals surface area contributed by atoms with Crippen molar-refractivity contribution in [3.05, 3.63) is 59.9 Å². The summed E-state index contributed by atoms with van der Waals surface area (Å²) in [4.78, 5) is 16.3. The average molecular weight is 342 g/mol. The number of para-hydroxylation sites is 2. The summed E-state index contributed by atoms with van der Waals surface area (Å²) in [5.74, 6) is -0.490. The third-order valence-corrected chi connectivity index (χ3v) is 4.41. The van der Waals surface area contributed by atoms with Crippen molar-refractivity contribution >= 4 is 34.9 Å². The number of nitrogens with zero attached hydrogens (tertiary/aromatic N) is 3. The van der Waals surface area contributed by atoms with Crippen molar-refractivity contribution in [2.45, 2.75) is 5.16 Å². The second-order valence-electron chi connectivity index (χ2n) is 5.05. The van der Waals surface area contributed by atoms with Crippen molar-refractivity contribution in [1.29, 1.82) is 0 Å². The zero-order valence-corrected chi connectivity index (χ0v) is 13.8. The smallest absolute Gasteiger partial charge is 0.250 e. The molecular weight excluding hydrogens is 327 g/mol. The van der Waals surface area contributed by atoms with E-state index in [0.29, 0.717) is 5.56 Å². The van der Waals surface area contributed by atoms with Crippen LogP contribution in [-0.4, -0.2) is 27.4 Å². The standard InChI is InChI=1S/C17H15FN4OS/c1-22-15-9-5-4-8-14(15)20-17(22)24-11-16(23)21-19-10-12-6-2-3-7-13(12)18/h2-10H,11H2,1H3,(H,21,23)/b19-10+. The summed E-state index contributed by atoms with van der Waals surface area (Å²) in [6.45, 7) is 0. The maximum atomic E-state index is 13.4. The summed E-state index contributed by atoms with van der Waals surface area (Å²) in [6.07, 6.45) is 1.28. The first-order valence-electron chi connectivity index (χ1n) is 7.26. The highest BCUT2D eigenvalue weighted by molar-refractivity contribution is 7.99. The predicted molar refractivity (Wildman–Crippen MR) is 93.6 cm³/mol. The van der Waals surface area contributed by atoms with E-state index in [1.807, 2.05) is 35.9 Å². The lowest BCUT2D eigenvalue weighted by Gasteiger charge is -2.01. The molecule has 0 aliphatic rings. The van der Waals surface area contributed by atoms with Gasteiger partial charge in [0.1, 0.15) is 5.82 Å². The number of thioether (sulfide) groups is 1. The molecule has 7 heteroatoms. The molecule has 1 heterocycles. The van der Waals surface area contributed by atoms with Gasteiger partial charge < -0.3 is 4.57 Å². The second kappa shape index (κ2) is 7.27. The molecule has 0 unspecified atom stereocenters. The number of rotatable bonds is 5. The SMILES string of the molecule is Cn1c(SCC(=O)N/N=C/c2ccccc2F)nc2ccccc21. The number of aromatic nitrogens is 2. The number of hydrogen-bond acceptors (Lipinski definition) is 4. The molecule has 0 aliphatic heterocycles. The third-order valence-electron chi connectivity index (χ3n) is 3.38. The maximum absolute atomic E-state index is 13.4. The van der Waals surface area contributed by atoms with E-state index in [-0.39, 0.29) is 17.5 Å². The highest BCUT2D eigenvalue weighted by atomic mass is 32.2. The fraction of sp³-hybridized carbons (Fsp3) is 0.118. The topological polar surface area (TPSA) is 59.3 Å². The van der Waals surface area contributed by atoms with Gasteiger partial charge >= 0.3 is 0 Å². The van der Waals surface area contributed by atoms with Gasteiger partial charge in [-0.3, -0.25) is 4.79 Å². The highest BCUT2D eigenvalue weighted by Gasteiger charge is 2.09. The Morgan fingerprint density at radius 3 is 2.83 bits per heavy atom. The van der Waals surface area contributed by atoms with Gasteiger partial charge in [-0.1, -0.05) is 42.1 Å². The monoisotopic (exact) mass is 342 g/mol. The van der Waals surface area contributed by atoms with Crippen LogP contribution < -0.4 is 5.43 Å². The van der Waals surface area contributed by atoms with Gasteiger partial charge in [0.05, 0.1) is 23.0 Å². The van der Waals surface area contributed by atoms with E-state index in [9.17, 15) is 9.18 Å². The molecule has 5 nitrogen and oxygen atoms in total. The first-order chi connectivity index (χ1) is 11.6. The van der Waals surface area contributed by atoms with Crippen LogP contribution in [-0.2, 0) is 11.8 Å². The molecule has 24 heavy (non-hydrogen) atoms. The van der Waals surface area contributed by atoms with E-state index in [1.54, 1.807) is 18.2 Å². The van der Waals surface area contributed by atoms with Crippen LogP contribution in [0.3, 0.4) is 0 Å². The van der Waals surface area contributed by atoms with Gasteiger partial charge in [0.15, 0.2) is 5.16 Å². The Balaban J connectivity index is 1.57. The lowest BCUT2D eigenvalue weighted by atomic mass is 10.2. The van der Waals surface area contributed by atoms with Crippen LogP contribution in [0.2, 0.25) is 0 Å². The zero-order valence-electron chi connectivity index (χ0n) is 12.9. The molecule has 0 bridgehead atoms. The summed E-state index contributed by atoms with van der Waals surface area (Å²) in [7, 11) is 1.91. The number of aryl methyl sites for hydroxylation is 1. The number of hydrogen-bond donors (Lipinski definition) is 1. The number of amides is 1. The van der Waals surface area contributed by atoms with Gasteiger partial charge in [-0.05, 0) is 18.2 Å². The van der Waals surface area contributed by atoms with Crippen LogP contribution in [0, 0.1) is 5.82 Å². The van der Waals surface area contributed by atoms with Gasteiger partial charge in [-0.2, -0.15) is 5.10 Å². The van der Waals surface area contributed by atoms with Crippen LogP contribution >= 0.6 is 11.8 Å². The third kappa shape index (κ3) is 3.62. The van der Waals surface area contributed by atoms with Gasteiger partial charge in [-0.15, -0.1) is 0 Å². The number of carbonyl (C=O) groups excluding carboxylic acids is 1. The molecule has 122 valence electrons. The van der Waals surface area contributed by atoms with Crippen LogP contribution in [0.25, 0.3) is 11.0 Å². The molecule has 0 saturated heterocycles. The van der Waals surface area contributed by atoms with Crippen molar-refractivity contribution in [2.75, 3.05) is 5.75 Å². The number of carbonyl (C=O) groups is 1. The van der Waals surface area contributed by atoms with E-state index in [2.05, 4.69) is 15.5 Å². The minimum Gasteiger partial charge on any atom is -0.322 e. The first-order valence-corrected chi connectivity index (χ1v) is 8.24. The predicted octanol–water partition coefficient (Wildman–Crippen LogP) is 2.95. The number of benzene rings is 2. The molecule has 1 aromatic heterocycles. The van der Waals surface area contributed by atoms with Crippen LogP contribution in [0.15, 0.2) is 58.8 Å². The number of halogens is 1. The lowest BCUT2D eigenvalue weighted by Crippen LogP contribution is -2.20. The number of hydrazone groups is 1. The molecule has 0 radical (unpaired) electrons. The molecule has 3 aromatic rings. The summed E-state index contributed by atoms with van der Waals surface area (Å²) in [6, 6.07) is 14.0. The van der Waals surface area contributed by atoms with E-state index in [4.69, 9.17) is 0 Å². The first kappa shape index (κ1) is 16.2. The van der Waals surface area contributed by atoms with Gasteiger partial charge in [0.2, 0.25) is 0 Å². The van der Waals surface area contributed by atoms with Gasteiger partial charge in [0.25, 0.3) is 5.91 Å². The Morgan fingerprint density at radius 1 is 1.29 bits per heavy atom. The summed E-state index contributed by atoms with van der Waals surface area (Å²) < 4.78 is 15.4. The van der Waals surface area contributed by atoms with Crippen molar-refractivity contribution < 1.29 is 9.18 Å². The molecule has 2 aromatic carbocycles. The highest BCUT2D eigenvalue weighted by Crippen LogP contribution is 2.22. The Kier molecular flexibility index (Phi) is 4.90. The zero-order chi connectivity index (χ0) is 16.9. The Bertz CT molecular complexity index is 906. The number of imidazole rings is 1. The minimum atomic E-state index is -0.385. The van der Waals surface area contributed by atoms with Crippen molar-refractivity contribution in [3.8, 4) is 0 Å². The van der Waals surface area contributed by atoms with Crippen molar-refractivity contribution in [3.63, 3.8) is 0 Å². The number of nitrogens with one attached hydrogen (secondary N) is 1. The summed E-state index contributed by atoms with van der Waals surface area (Å²) in [5, 5.41) is 4.53. The molecule has 0 spiro atoms. The van der Waals surface area contributed by atoms with Crippen LogP contribution in [0.1, 0.15) is 5.56 Å².